The molecule has 0 saturated carbocycles. The van der Waals surface area contributed by atoms with Crippen LogP contribution in [0.2, 0.25) is 0 Å². The van der Waals surface area contributed by atoms with Crippen molar-refractivity contribution in [3.05, 3.63) is 32.2 Å². The molecule has 0 amide bonds. The molecule has 6 heteroatoms. The van der Waals surface area contributed by atoms with Gasteiger partial charge in [0.25, 0.3) is 0 Å². The number of rotatable bonds is 2. The van der Waals surface area contributed by atoms with Gasteiger partial charge in [-0.25, -0.2) is 4.79 Å². The highest BCUT2D eigenvalue weighted by molar-refractivity contribution is 9.10. The van der Waals surface area contributed by atoms with Crippen molar-refractivity contribution in [2.75, 3.05) is 13.2 Å². The van der Waals surface area contributed by atoms with Gasteiger partial charge in [0, 0.05) is 18.5 Å². The van der Waals surface area contributed by atoms with Crippen LogP contribution in [0.1, 0.15) is 28.5 Å². The summed E-state index contributed by atoms with van der Waals surface area (Å²) in [5.41, 5.74) is 0.0371. The molecule has 1 atom stereocenters. The van der Waals surface area contributed by atoms with Crippen molar-refractivity contribution in [2.45, 2.75) is 19.4 Å². The van der Waals surface area contributed by atoms with Crippen LogP contribution in [0.4, 0.5) is 0 Å². The third kappa shape index (κ3) is 2.14. The Labute approximate surface area is 106 Å². The van der Waals surface area contributed by atoms with Crippen LogP contribution in [0.15, 0.2) is 15.5 Å². The summed E-state index contributed by atoms with van der Waals surface area (Å²) in [6.45, 7) is 3.00. The van der Waals surface area contributed by atoms with E-state index in [1.165, 1.54) is 6.20 Å². The minimum atomic E-state index is -1.21. The number of aromatic carboxylic acids is 1. The number of carbonyl (C=O) groups is 1. The van der Waals surface area contributed by atoms with Gasteiger partial charge >= 0.3 is 5.97 Å². The first-order chi connectivity index (χ1) is 8.02. The number of halogens is 1. The van der Waals surface area contributed by atoms with E-state index in [0.29, 0.717) is 17.7 Å². The van der Waals surface area contributed by atoms with Gasteiger partial charge in [0.1, 0.15) is 5.56 Å². The van der Waals surface area contributed by atoms with E-state index >= 15 is 0 Å². The van der Waals surface area contributed by atoms with Crippen LogP contribution in [0, 0.1) is 6.92 Å². The number of ether oxygens (including phenoxy) is 1. The van der Waals surface area contributed by atoms with Gasteiger partial charge in [-0.2, -0.15) is 0 Å². The molecule has 0 aliphatic carbocycles. The summed E-state index contributed by atoms with van der Waals surface area (Å²) in [5, 5.41) is 8.98. The molecule has 1 unspecified atom stereocenters. The van der Waals surface area contributed by atoms with E-state index in [1.807, 2.05) is 4.57 Å². The van der Waals surface area contributed by atoms with Crippen LogP contribution in [-0.4, -0.2) is 28.9 Å². The summed E-state index contributed by atoms with van der Waals surface area (Å²) in [7, 11) is 0. The molecule has 1 aromatic rings. The van der Waals surface area contributed by atoms with Crippen molar-refractivity contribution >= 4 is 21.9 Å². The van der Waals surface area contributed by atoms with Crippen molar-refractivity contribution < 1.29 is 14.6 Å². The van der Waals surface area contributed by atoms with Crippen molar-refractivity contribution in [3.63, 3.8) is 0 Å². The highest BCUT2D eigenvalue weighted by atomic mass is 79.9. The molecule has 92 valence electrons. The first-order valence-corrected chi connectivity index (χ1v) is 6.04. The van der Waals surface area contributed by atoms with E-state index in [2.05, 4.69) is 15.9 Å². The Morgan fingerprint density at radius 2 is 2.35 bits per heavy atom. The predicted molar refractivity (Wildman–Crippen MR) is 64.6 cm³/mol. The molecular formula is C11H12BrNO4. The quantitative estimate of drug-likeness (QED) is 0.900. The summed E-state index contributed by atoms with van der Waals surface area (Å²) in [4.78, 5) is 22.7. The van der Waals surface area contributed by atoms with Crippen LogP contribution in [0.3, 0.4) is 0 Å². The van der Waals surface area contributed by atoms with Crippen molar-refractivity contribution in [1.82, 2.24) is 4.57 Å². The molecule has 1 saturated heterocycles. The molecule has 2 heterocycles. The van der Waals surface area contributed by atoms with E-state index in [9.17, 15) is 9.59 Å². The monoisotopic (exact) mass is 301 g/mol. The fourth-order valence-electron chi connectivity index (χ4n) is 1.96. The van der Waals surface area contributed by atoms with Crippen molar-refractivity contribution in [1.29, 1.82) is 0 Å². The molecule has 0 spiro atoms. The van der Waals surface area contributed by atoms with E-state index in [4.69, 9.17) is 9.84 Å². The van der Waals surface area contributed by atoms with Gasteiger partial charge in [0.05, 0.1) is 17.1 Å². The summed E-state index contributed by atoms with van der Waals surface area (Å²) in [5.74, 6) is -1.21. The van der Waals surface area contributed by atoms with Gasteiger partial charge in [0.15, 0.2) is 0 Å². The standard InChI is InChI=1S/C11H12BrNO4/c1-6-9(12)10(14)8(11(15)16)4-13(6)7-2-3-17-5-7/h4,7H,2-3,5H2,1H3,(H,15,16). The zero-order valence-corrected chi connectivity index (χ0v) is 10.9. The number of carboxylic acid groups (broad SMARTS) is 1. The third-order valence-corrected chi connectivity index (χ3v) is 3.88. The molecule has 17 heavy (non-hydrogen) atoms. The van der Waals surface area contributed by atoms with Gasteiger partial charge in [-0.3, -0.25) is 4.79 Å². The number of aromatic nitrogens is 1. The maximum absolute atomic E-state index is 11.7. The lowest BCUT2D eigenvalue weighted by atomic mass is 10.2. The Balaban J connectivity index is 2.59. The van der Waals surface area contributed by atoms with E-state index in [-0.39, 0.29) is 11.6 Å². The smallest absolute Gasteiger partial charge is 0.341 e. The second-order valence-corrected chi connectivity index (χ2v) is 4.79. The number of hydrogen-bond donors (Lipinski definition) is 1. The molecule has 0 radical (unpaired) electrons. The third-order valence-electron chi connectivity index (χ3n) is 2.95. The van der Waals surface area contributed by atoms with Gasteiger partial charge in [-0.05, 0) is 29.3 Å². The predicted octanol–water partition coefficient (Wildman–Crippen LogP) is 1.58. The number of nitrogens with zero attached hydrogens (tertiary/aromatic N) is 1. The van der Waals surface area contributed by atoms with E-state index in [1.54, 1.807) is 6.92 Å². The average Bonchev–Trinajstić information content (AvgIpc) is 2.79. The Hall–Kier alpha value is -1.14. The van der Waals surface area contributed by atoms with Gasteiger partial charge in [-0.15, -0.1) is 0 Å². The summed E-state index contributed by atoms with van der Waals surface area (Å²) in [6.07, 6.45) is 2.24. The highest BCUT2D eigenvalue weighted by Gasteiger charge is 2.22. The van der Waals surface area contributed by atoms with Gasteiger partial charge in [0.2, 0.25) is 5.43 Å². The maximum Gasteiger partial charge on any atom is 0.341 e. The van der Waals surface area contributed by atoms with Crippen molar-refractivity contribution in [3.8, 4) is 0 Å². The van der Waals surface area contributed by atoms with Crippen LogP contribution >= 0.6 is 15.9 Å². The Morgan fingerprint density at radius 3 is 2.88 bits per heavy atom. The summed E-state index contributed by atoms with van der Waals surface area (Å²) < 4.78 is 7.39. The van der Waals surface area contributed by atoms with Crippen LogP contribution in [0.5, 0.6) is 0 Å². The van der Waals surface area contributed by atoms with Crippen LogP contribution in [0.25, 0.3) is 0 Å². The normalized spacial score (nSPS) is 19.5. The molecule has 1 N–H and O–H groups in total. The average molecular weight is 302 g/mol. The Kier molecular flexibility index (Phi) is 3.35. The second-order valence-electron chi connectivity index (χ2n) is 4.00. The van der Waals surface area contributed by atoms with Crippen molar-refractivity contribution in [2.24, 2.45) is 0 Å². The van der Waals surface area contributed by atoms with Crippen LogP contribution < -0.4 is 5.43 Å². The molecule has 2 rings (SSSR count). The van der Waals surface area contributed by atoms with Gasteiger partial charge < -0.3 is 14.4 Å². The fourth-order valence-corrected chi connectivity index (χ4v) is 2.38. The molecule has 1 aliphatic heterocycles. The minimum absolute atomic E-state index is 0.102. The number of carboxylic acids is 1. The molecule has 1 aromatic heterocycles. The van der Waals surface area contributed by atoms with E-state index in [0.717, 1.165) is 12.1 Å². The lowest BCUT2D eigenvalue weighted by Gasteiger charge is -2.18. The molecule has 1 aliphatic rings. The van der Waals surface area contributed by atoms with E-state index < -0.39 is 11.4 Å². The maximum atomic E-state index is 11.7. The second kappa shape index (κ2) is 4.62. The first kappa shape index (κ1) is 12.3. The first-order valence-electron chi connectivity index (χ1n) is 5.24. The van der Waals surface area contributed by atoms with Crippen LogP contribution in [-0.2, 0) is 4.74 Å². The highest BCUT2D eigenvalue weighted by Crippen LogP contribution is 2.23. The number of pyridine rings is 1. The van der Waals surface area contributed by atoms with Gasteiger partial charge in [-0.1, -0.05) is 0 Å². The summed E-state index contributed by atoms with van der Waals surface area (Å²) >= 11 is 3.16. The lowest BCUT2D eigenvalue weighted by molar-refractivity contribution is 0.0694. The fraction of sp³-hybridized carbons (Fsp3) is 0.455. The largest absolute Gasteiger partial charge is 0.477 e. The Bertz CT molecular complexity index is 517. The molecule has 0 bridgehead atoms. The molecular weight excluding hydrogens is 290 g/mol. The molecule has 0 aromatic carbocycles. The Morgan fingerprint density at radius 1 is 1.65 bits per heavy atom. The molecule has 1 fully saturated rings. The SMILES string of the molecule is Cc1c(Br)c(=O)c(C(=O)O)cn1C1CCOC1. The molecule has 5 nitrogen and oxygen atoms in total. The lowest BCUT2D eigenvalue weighted by Crippen LogP contribution is -2.23. The topological polar surface area (TPSA) is 68.5 Å². The zero-order chi connectivity index (χ0) is 12.6. The zero-order valence-electron chi connectivity index (χ0n) is 9.27. The number of hydrogen-bond acceptors (Lipinski definition) is 3. The summed E-state index contributed by atoms with van der Waals surface area (Å²) in [6, 6.07) is 0.102. The minimum Gasteiger partial charge on any atom is -0.477 e.